The van der Waals surface area contributed by atoms with Crippen LogP contribution >= 0.6 is 0 Å². The van der Waals surface area contributed by atoms with Gasteiger partial charge in [0.15, 0.2) is 5.79 Å². The maximum atomic E-state index is 13.1. The predicted octanol–water partition coefficient (Wildman–Crippen LogP) is 7.91. The predicted molar refractivity (Wildman–Crippen MR) is 168 cm³/mol. The van der Waals surface area contributed by atoms with E-state index >= 15 is 0 Å². The average molecular weight is 581 g/mol. The molecule has 0 saturated carbocycles. The summed E-state index contributed by atoms with van der Waals surface area (Å²) in [5.74, 6) is -1.91. The summed E-state index contributed by atoms with van der Waals surface area (Å²) in [5.41, 5.74) is 4.20. The van der Waals surface area contributed by atoms with Crippen LogP contribution in [-0.4, -0.2) is 36.0 Å². The van der Waals surface area contributed by atoms with Crippen LogP contribution in [0.15, 0.2) is 91.0 Å². The van der Waals surface area contributed by atoms with Gasteiger partial charge in [0.05, 0.1) is 18.3 Å². The zero-order valence-corrected chi connectivity index (χ0v) is 25.6. The van der Waals surface area contributed by atoms with Gasteiger partial charge in [0.2, 0.25) is 0 Å². The van der Waals surface area contributed by atoms with Crippen LogP contribution in [0.4, 0.5) is 0 Å². The molecule has 0 bridgehead atoms. The largest absolute Gasteiger partial charge is 0.460 e. The number of carbonyl (C=O) groups is 2. The minimum Gasteiger partial charge on any atom is -0.460 e. The second-order valence-electron chi connectivity index (χ2n) is 12.6. The molecule has 6 nitrogen and oxygen atoms in total. The highest BCUT2D eigenvalue weighted by Crippen LogP contribution is 2.31. The first kappa shape index (κ1) is 30.5. The second-order valence-corrected chi connectivity index (χ2v) is 12.6. The fraction of sp³-hybridized carbons (Fsp3) is 0.351. The van der Waals surface area contributed by atoms with Crippen molar-refractivity contribution in [1.82, 2.24) is 0 Å². The van der Waals surface area contributed by atoms with Gasteiger partial charge in [0, 0.05) is 0 Å². The van der Waals surface area contributed by atoms with Crippen molar-refractivity contribution >= 4 is 22.7 Å². The van der Waals surface area contributed by atoms with Crippen molar-refractivity contribution in [3.63, 3.8) is 0 Å². The summed E-state index contributed by atoms with van der Waals surface area (Å²) in [7, 11) is 0. The highest BCUT2D eigenvalue weighted by Gasteiger charge is 2.41. The van der Waals surface area contributed by atoms with Crippen LogP contribution < -0.4 is 0 Å². The van der Waals surface area contributed by atoms with Gasteiger partial charge in [-0.25, -0.2) is 4.79 Å². The Balaban J connectivity index is 1.29. The summed E-state index contributed by atoms with van der Waals surface area (Å²) in [4.78, 5) is 25.7. The second kappa shape index (κ2) is 12.7. The Labute approximate surface area is 253 Å². The molecule has 4 aromatic rings. The van der Waals surface area contributed by atoms with Crippen LogP contribution in [0.5, 0.6) is 0 Å². The molecule has 1 fully saturated rings. The summed E-state index contributed by atoms with van der Waals surface area (Å²) in [5, 5.41) is 2.03. The summed E-state index contributed by atoms with van der Waals surface area (Å²) >= 11 is 0. The number of hydrogen-bond donors (Lipinski definition) is 0. The summed E-state index contributed by atoms with van der Waals surface area (Å²) < 4.78 is 23.3. The number of fused-ring (bicyclic) bond motifs is 1. The Morgan fingerprint density at radius 1 is 0.837 bits per heavy atom. The van der Waals surface area contributed by atoms with Gasteiger partial charge in [0.1, 0.15) is 18.1 Å². The molecule has 0 radical (unpaired) electrons. The van der Waals surface area contributed by atoms with Crippen molar-refractivity contribution < 1.29 is 28.5 Å². The summed E-state index contributed by atoms with van der Waals surface area (Å²) in [6.07, 6.45) is 1.05. The van der Waals surface area contributed by atoms with E-state index in [1.807, 2.05) is 83.1 Å². The van der Waals surface area contributed by atoms with Crippen molar-refractivity contribution in [2.45, 2.75) is 71.6 Å². The first-order chi connectivity index (χ1) is 20.5. The first-order valence-corrected chi connectivity index (χ1v) is 14.8. The normalized spacial score (nSPS) is 18.3. The van der Waals surface area contributed by atoms with E-state index in [2.05, 4.69) is 36.4 Å². The van der Waals surface area contributed by atoms with E-state index < -0.39 is 17.3 Å². The zero-order valence-electron chi connectivity index (χ0n) is 25.6. The molecule has 2 atom stereocenters. The van der Waals surface area contributed by atoms with E-state index in [1.54, 1.807) is 6.07 Å². The Morgan fingerprint density at radius 2 is 1.56 bits per heavy atom. The third-order valence-electron chi connectivity index (χ3n) is 7.47. The minimum atomic E-state index is -0.772. The quantitative estimate of drug-likeness (QED) is 0.197. The molecule has 1 saturated heterocycles. The Kier molecular flexibility index (Phi) is 9.00. The molecular weight excluding hydrogens is 540 g/mol. The highest BCUT2D eigenvalue weighted by atomic mass is 16.7. The molecule has 5 rings (SSSR count). The van der Waals surface area contributed by atoms with Gasteiger partial charge in [-0.2, -0.15) is 0 Å². The lowest BCUT2D eigenvalue weighted by atomic mass is 9.93. The molecule has 1 heterocycles. The first-order valence-electron chi connectivity index (χ1n) is 14.8. The number of carbonyl (C=O) groups excluding carboxylic acids is 2. The topological polar surface area (TPSA) is 71.1 Å². The van der Waals surface area contributed by atoms with Crippen LogP contribution in [0.25, 0.3) is 21.9 Å². The van der Waals surface area contributed by atoms with Gasteiger partial charge in [-0.3, -0.25) is 4.79 Å². The third kappa shape index (κ3) is 8.09. The molecule has 0 N–H and O–H groups in total. The van der Waals surface area contributed by atoms with Crippen molar-refractivity contribution in [2.75, 3.05) is 6.61 Å². The summed E-state index contributed by atoms with van der Waals surface area (Å²) in [6, 6.07) is 30.0. The monoisotopic (exact) mass is 580 g/mol. The van der Waals surface area contributed by atoms with Crippen LogP contribution in [0.1, 0.15) is 62.5 Å². The Hall–Kier alpha value is -4.00. The van der Waals surface area contributed by atoms with Crippen molar-refractivity contribution in [1.29, 1.82) is 0 Å². The fourth-order valence-corrected chi connectivity index (χ4v) is 5.30. The molecule has 0 unspecified atom stereocenters. The van der Waals surface area contributed by atoms with Gasteiger partial charge in [-0.1, -0.05) is 72.8 Å². The molecule has 1 aliphatic rings. The zero-order chi connectivity index (χ0) is 30.6. The Bertz CT molecular complexity index is 1580. The molecule has 6 heteroatoms. The highest BCUT2D eigenvalue weighted by molar-refractivity contribution is 5.96. The standard InChI is InChI=1S/C37H40O6/c1-36(2,3)43-34(38)30-18-16-27-15-17-29(21-31(27)22-30)28-13-9-12-25(20-28)14-19-33-32(24-41-37(4,5)42-33)35(39)40-23-26-10-7-6-8-11-26/h6-13,15-18,20-22,32-33H,14,19,23-24H2,1-5H3/t32-,33+/m0/s1. The van der Waals surface area contributed by atoms with Crippen LogP contribution in [0, 0.1) is 5.92 Å². The van der Waals surface area contributed by atoms with Crippen LogP contribution in [0.3, 0.4) is 0 Å². The van der Waals surface area contributed by atoms with E-state index in [0.29, 0.717) is 12.0 Å². The van der Waals surface area contributed by atoms with E-state index in [0.717, 1.165) is 39.4 Å². The average Bonchev–Trinajstić information content (AvgIpc) is 2.97. The fourth-order valence-electron chi connectivity index (χ4n) is 5.30. The SMILES string of the molecule is CC(C)(C)OC(=O)c1ccc2ccc(-c3cccc(CC[C@H]4OC(C)(C)OC[C@@H]4C(=O)OCc4ccccc4)c3)cc2c1. The van der Waals surface area contributed by atoms with Gasteiger partial charge < -0.3 is 18.9 Å². The lowest BCUT2D eigenvalue weighted by Gasteiger charge is -2.40. The molecule has 224 valence electrons. The van der Waals surface area contributed by atoms with Crippen molar-refractivity contribution in [3.8, 4) is 11.1 Å². The number of esters is 2. The number of aryl methyl sites for hydroxylation is 1. The molecular formula is C37H40O6. The van der Waals surface area contributed by atoms with Gasteiger partial charge in [-0.15, -0.1) is 0 Å². The number of hydrogen-bond acceptors (Lipinski definition) is 6. The van der Waals surface area contributed by atoms with Crippen molar-refractivity contribution in [3.05, 3.63) is 108 Å². The molecule has 0 aliphatic carbocycles. The van der Waals surface area contributed by atoms with Gasteiger partial charge >= 0.3 is 11.9 Å². The smallest absolute Gasteiger partial charge is 0.338 e. The molecule has 43 heavy (non-hydrogen) atoms. The van der Waals surface area contributed by atoms with Gasteiger partial charge in [-0.05, 0) is 98.7 Å². The lowest BCUT2D eigenvalue weighted by molar-refractivity contribution is -0.292. The Morgan fingerprint density at radius 3 is 2.33 bits per heavy atom. The van der Waals surface area contributed by atoms with E-state index in [1.165, 1.54) is 0 Å². The molecule has 0 aromatic heterocycles. The van der Waals surface area contributed by atoms with Crippen molar-refractivity contribution in [2.24, 2.45) is 5.92 Å². The maximum absolute atomic E-state index is 13.1. The minimum absolute atomic E-state index is 0.222. The molecule has 0 spiro atoms. The van der Waals surface area contributed by atoms with E-state index in [9.17, 15) is 9.59 Å². The van der Waals surface area contributed by atoms with E-state index in [4.69, 9.17) is 18.9 Å². The molecule has 0 amide bonds. The maximum Gasteiger partial charge on any atom is 0.338 e. The number of ether oxygens (including phenoxy) is 4. The van der Waals surface area contributed by atoms with E-state index in [-0.39, 0.29) is 31.3 Å². The number of benzene rings is 4. The van der Waals surface area contributed by atoms with Crippen LogP contribution in [-0.2, 0) is 36.8 Å². The number of rotatable bonds is 8. The van der Waals surface area contributed by atoms with Crippen LogP contribution in [0.2, 0.25) is 0 Å². The molecule has 1 aliphatic heterocycles. The lowest BCUT2D eigenvalue weighted by Crippen LogP contribution is -2.49. The van der Waals surface area contributed by atoms with Gasteiger partial charge in [0.25, 0.3) is 0 Å². The molecule has 4 aromatic carbocycles. The third-order valence-corrected chi connectivity index (χ3v) is 7.47. The summed E-state index contributed by atoms with van der Waals surface area (Å²) in [6.45, 7) is 9.82.